The Morgan fingerprint density at radius 2 is 2.04 bits per heavy atom. The monoisotopic (exact) mass is 338 g/mol. The lowest BCUT2D eigenvalue weighted by Crippen LogP contribution is -2.13. The summed E-state index contributed by atoms with van der Waals surface area (Å²) in [7, 11) is -3.97. The fourth-order valence-electron chi connectivity index (χ4n) is 2.38. The number of rotatable bonds is 4. The maximum absolute atomic E-state index is 13.9. The van der Waals surface area contributed by atoms with Crippen LogP contribution in [0, 0.1) is 12.7 Å². The van der Waals surface area contributed by atoms with Crippen LogP contribution >= 0.6 is 0 Å². The van der Waals surface area contributed by atoms with Gasteiger partial charge in [0, 0.05) is 11.8 Å². The van der Waals surface area contributed by atoms with E-state index in [1.54, 1.807) is 12.1 Å². The van der Waals surface area contributed by atoms with Crippen LogP contribution in [-0.4, -0.2) is 14.3 Å². The van der Waals surface area contributed by atoms with Crippen molar-refractivity contribution in [2.75, 3.05) is 5.32 Å². The summed E-state index contributed by atoms with van der Waals surface area (Å²) in [5.74, 6) is -0.969. The minimum Gasteiger partial charge on any atom is -0.455 e. The van der Waals surface area contributed by atoms with E-state index in [-0.39, 0.29) is 33.8 Å². The molecule has 0 atom stereocenters. The second-order valence-electron chi connectivity index (χ2n) is 5.54. The number of carbonyl (C=O) groups excluding carboxylic acids is 1. The molecule has 1 heterocycles. The summed E-state index contributed by atoms with van der Waals surface area (Å²) in [4.78, 5) is 11.8. The van der Waals surface area contributed by atoms with Crippen molar-refractivity contribution in [3.8, 4) is 0 Å². The lowest BCUT2D eigenvalue weighted by atomic mass is 10.1. The smallest absolute Gasteiger partial charge is 0.291 e. The molecule has 3 N–H and O–H groups in total. The van der Waals surface area contributed by atoms with Gasteiger partial charge in [-0.1, -0.05) is 6.07 Å². The number of carbonyl (C=O) groups is 1. The van der Waals surface area contributed by atoms with E-state index in [0.29, 0.717) is 5.56 Å². The standard InChI is InChI=1S/C15H15FN2O4S/c1-8-14(23(17,20)21)7-13(22-8)15(19)18-10-4-5-11(9-2-3-9)12(16)6-10/h4-7,9H,2-3H2,1H3,(H,18,19)(H2,17,20,21). The molecule has 1 saturated carbocycles. The van der Waals surface area contributed by atoms with E-state index in [1.807, 2.05) is 0 Å². The van der Waals surface area contributed by atoms with Gasteiger partial charge in [0.15, 0.2) is 5.76 Å². The Bertz CT molecular complexity index is 885. The number of aryl methyl sites for hydroxylation is 1. The van der Waals surface area contributed by atoms with Gasteiger partial charge < -0.3 is 9.73 Å². The first-order chi connectivity index (χ1) is 10.8. The number of furan rings is 1. The Kier molecular flexibility index (Phi) is 3.73. The van der Waals surface area contributed by atoms with E-state index in [9.17, 15) is 17.6 Å². The average molecular weight is 338 g/mol. The van der Waals surface area contributed by atoms with Gasteiger partial charge in [-0.05, 0) is 43.4 Å². The highest BCUT2D eigenvalue weighted by Crippen LogP contribution is 2.41. The number of amides is 1. The van der Waals surface area contributed by atoms with Crippen molar-refractivity contribution >= 4 is 21.6 Å². The third-order valence-corrected chi connectivity index (χ3v) is 4.70. The first kappa shape index (κ1) is 15.7. The molecule has 1 amide bonds. The average Bonchev–Trinajstić information content (AvgIpc) is 3.19. The summed E-state index contributed by atoms with van der Waals surface area (Å²) < 4.78 is 41.7. The van der Waals surface area contributed by atoms with Crippen LogP contribution in [0.5, 0.6) is 0 Å². The number of benzene rings is 1. The molecular weight excluding hydrogens is 323 g/mol. The van der Waals surface area contributed by atoms with Crippen molar-refractivity contribution < 1.29 is 22.0 Å². The molecule has 23 heavy (non-hydrogen) atoms. The zero-order valence-electron chi connectivity index (χ0n) is 12.3. The van der Waals surface area contributed by atoms with Crippen LogP contribution in [0.2, 0.25) is 0 Å². The van der Waals surface area contributed by atoms with Crippen LogP contribution in [0.1, 0.15) is 40.6 Å². The van der Waals surface area contributed by atoms with Gasteiger partial charge in [-0.25, -0.2) is 17.9 Å². The van der Waals surface area contributed by atoms with Crippen molar-refractivity contribution in [3.05, 3.63) is 47.2 Å². The van der Waals surface area contributed by atoms with Gasteiger partial charge in [0.05, 0.1) is 0 Å². The third kappa shape index (κ3) is 3.27. The number of hydrogen-bond donors (Lipinski definition) is 2. The van der Waals surface area contributed by atoms with Crippen molar-refractivity contribution in [2.45, 2.75) is 30.6 Å². The Labute approximate surface area is 132 Å². The lowest BCUT2D eigenvalue weighted by Gasteiger charge is -2.06. The van der Waals surface area contributed by atoms with Gasteiger partial charge in [-0.3, -0.25) is 4.79 Å². The quantitative estimate of drug-likeness (QED) is 0.894. The molecule has 0 aliphatic heterocycles. The number of primary sulfonamides is 1. The van der Waals surface area contributed by atoms with Gasteiger partial charge in [-0.2, -0.15) is 0 Å². The number of anilines is 1. The molecule has 0 spiro atoms. The summed E-state index contributed by atoms with van der Waals surface area (Å²) in [6, 6.07) is 5.54. The van der Waals surface area contributed by atoms with E-state index < -0.39 is 15.9 Å². The van der Waals surface area contributed by atoms with E-state index in [2.05, 4.69) is 5.32 Å². The second kappa shape index (κ2) is 5.47. The third-order valence-electron chi connectivity index (χ3n) is 3.68. The summed E-state index contributed by atoms with van der Waals surface area (Å²) in [6.07, 6.45) is 1.95. The van der Waals surface area contributed by atoms with Gasteiger partial charge >= 0.3 is 0 Å². The topological polar surface area (TPSA) is 102 Å². The normalized spacial score (nSPS) is 14.7. The number of sulfonamides is 1. The maximum atomic E-state index is 13.9. The fraction of sp³-hybridized carbons (Fsp3) is 0.267. The molecular formula is C15H15FN2O4S. The Morgan fingerprint density at radius 3 is 2.57 bits per heavy atom. The molecule has 0 radical (unpaired) electrons. The zero-order valence-corrected chi connectivity index (χ0v) is 13.1. The second-order valence-corrected chi connectivity index (χ2v) is 7.07. The zero-order chi connectivity index (χ0) is 16.8. The number of hydrogen-bond acceptors (Lipinski definition) is 4. The van der Waals surface area contributed by atoms with Crippen LogP contribution in [0.3, 0.4) is 0 Å². The molecule has 1 fully saturated rings. The van der Waals surface area contributed by atoms with Crippen LogP contribution in [0.15, 0.2) is 33.6 Å². The summed E-state index contributed by atoms with van der Waals surface area (Å²) in [5, 5.41) is 7.49. The molecule has 0 unspecified atom stereocenters. The highest BCUT2D eigenvalue weighted by Gasteiger charge is 2.27. The van der Waals surface area contributed by atoms with Crippen LogP contribution in [0.25, 0.3) is 0 Å². The SMILES string of the molecule is Cc1oc(C(=O)Nc2ccc(C3CC3)c(F)c2)cc1S(N)(=O)=O. The molecule has 1 aliphatic carbocycles. The minimum absolute atomic E-state index is 0.0212. The Morgan fingerprint density at radius 1 is 1.35 bits per heavy atom. The number of halogens is 1. The molecule has 2 aromatic rings. The molecule has 8 heteroatoms. The minimum atomic E-state index is -3.97. The number of nitrogens with one attached hydrogen (secondary N) is 1. The number of nitrogens with two attached hydrogens (primary N) is 1. The van der Waals surface area contributed by atoms with Crippen molar-refractivity contribution in [1.82, 2.24) is 0 Å². The van der Waals surface area contributed by atoms with Crippen molar-refractivity contribution in [1.29, 1.82) is 0 Å². The molecule has 1 aliphatic rings. The molecule has 0 bridgehead atoms. The van der Waals surface area contributed by atoms with Gasteiger partial charge in [0.2, 0.25) is 10.0 Å². The maximum Gasteiger partial charge on any atom is 0.291 e. The highest BCUT2D eigenvalue weighted by molar-refractivity contribution is 7.89. The van der Waals surface area contributed by atoms with Gasteiger partial charge in [0.25, 0.3) is 5.91 Å². The van der Waals surface area contributed by atoms with Gasteiger partial charge in [0.1, 0.15) is 16.5 Å². The van der Waals surface area contributed by atoms with Crippen LogP contribution in [0.4, 0.5) is 10.1 Å². The van der Waals surface area contributed by atoms with E-state index in [0.717, 1.165) is 18.9 Å². The highest BCUT2D eigenvalue weighted by atomic mass is 32.2. The van der Waals surface area contributed by atoms with Gasteiger partial charge in [-0.15, -0.1) is 0 Å². The van der Waals surface area contributed by atoms with E-state index >= 15 is 0 Å². The fourth-order valence-corrected chi connectivity index (χ4v) is 3.10. The molecule has 1 aromatic carbocycles. The Hall–Kier alpha value is -2.19. The van der Waals surface area contributed by atoms with E-state index in [4.69, 9.17) is 9.56 Å². The molecule has 0 saturated heterocycles. The van der Waals surface area contributed by atoms with E-state index in [1.165, 1.54) is 13.0 Å². The Balaban J connectivity index is 1.80. The molecule has 1 aromatic heterocycles. The summed E-state index contributed by atoms with van der Waals surface area (Å²) in [5.41, 5.74) is 0.913. The van der Waals surface area contributed by atoms with Crippen molar-refractivity contribution in [2.24, 2.45) is 5.14 Å². The summed E-state index contributed by atoms with van der Waals surface area (Å²) >= 11 is 0. The largest absolute Gasteiger partial charge is 0.455 e. The molecule has 6 nitrogen and oxygen atoms in total. The predicted molar refractivity (Wildman–Crippen MR) is 81.1 cm³/mol. The van der Waals surface area contributed by atoms with Crippen LogP contribution in [-0.2, 0) is 10.0 Å². The summed E-state index contributed by atoms with van der Waals surface area (Å²) in [6.45, 7) is 1.39. The lowest BCUT2D eigenvalue weighted by molar-refractivity contribution is 0.0995. The molecule has 3 rings (SSSR count). The first-order valence-corrected chi connectivity index (χ1v) is 8.54. The molecule has 122 valence electrons. The van der Waals surface area contributed by atoms with Crippen molar-refractivity contribution in [3.63, 3.8) is 0 Å². The van der Waals surface area contributed by atoms with Crippen LogP contribution < -0.4 is 10.5 Å². The first-order valence-electron chi connectivity index (χ1n) is 7.00. The predicted octanol–water partition coefficient (Wildman–Crippen LogP) is 2.50.